The Labute approximate surface area is 189 Å². The molecule has 0 unspecified atom stereocenters. The molecule has 32 heavy (non-hydrogen) atoms. The Kier molecular flexibility index (Phi) is 6.37. The third-order valence-electron chi connectivity index (χ3n) is 5.07. The molecule has 0 aliphatic heterocycles. The van der Waals surface area contributed by atoms with Crippen LogP contribution in [0.3, 0.4) is 0 Å². The fraction of sp³-hybridized carbons (Fsp3) is 0.120. The normalized spacial score (nSPS) is 10.7. The Morgan fingerprint density at radius 3 is 2.41 bits per heavy atom. The molecule has 0 aliphatic carbocycles. The van der Waals surface area contributed by atoms with E-state index in [0.717, 1.165) is 39.3 Å². The molecule has 4 rings (SSSR count). The first-order valence-electron chi connectivity index (χ1n) is 10.1. The maximum absolute atomic E-state index is 12.5. The minimum absolute atomic E-state index is 0.0581. The number of aromatic nitrogens is 1. The number of carbonyl (C=O) groups is 1. The average molecular weight is 446 g/mol. The Morgan fingerprint density at radius 2 is 1.72 bits per heavy atom. The number of rotatable bonds is 6. The van der Waals surface area contributed by atoms with E-state index in [1.54, 1.807) is 11.9 Å². The van der Waals surface area contributed by atoms with Crippen molar-refractivity contribution < 1.29 is 9.90 Å². The molecule has 0 atom stereocenters. The number of aromatic hydroxyl groups is 1. The van der Waals surface area contributed by atoms with Crippen molar-refractivity contribution in [1.82, 2.24) is 9.88 Å². The predicted octanol–water partition coefficient (Wildman–Crippen LogP) is 5.06. The largest absolute Gasteiger partial charge is 0.494 e. The third kappa shape index (κ3) is 5.25. The molecule has 0 saturated carbocycles. The summed E-state index contributed by atoms with van der Waals surface area (Å²) >= 11 is 1.02. The van der Waals surface area contributed by atoms with Gasteiger partial charge in [0.25, 0.3) is 0 Å². The lowest BCUT2D eigenvalue weighted by Gasteiger charge is -2.18. The van der Waals surface area contributed by atoms with E-state index in [9.17, 15) is 14.7 Å². The van der Waals surface area contributed by atoms with Gasteiger partial charge in [-0.2, -0.15) is 0 Å². The van der Waals surface area contributed by atoms with Crippen LogP contribution in [0.25, 0.3) is 11.1 Å². The molecular weight excluding hydrogens is 422 g/mol. The predicted molar refractivity (Wildman–Crippen MR) is 128 cm³/mol. The van der Waals surface area contributed by atoms with E-state index in [1.165, 1.54) is 0 Å². The number of benzene rings is 3. The maximum Gasteiger partial charge on any atom is 0.321 e. The summed E-state index contributed by atoms with van der Waals surface area (Å²) in [4.78, 5) is 28.2. The molecule has 0 radical (unpaired) electrons. The highest BCUT2D eigenvalue weighted by Gasteiger charge is 2.11. The fourth-order valence-corrected chi connectivity index (χ4v) is 4.17. The molecule has 4 aromatic rings. The number of amides is 2. The topological polar surface area (TPSA) is 85.4 Å². The number of carbonyl (C=O) groups excluding carboxylic acids is 1. The number of hydrogen-bond donors (Lipinski definition) is 3. The van der Waals surface area contributed by atoms with Crippen molar-refractivity contribution in [3.05, 3.63) is 105 Å². The van der Waals surface area contributed by atoms with Gasteiger partial charge >= 0.3 is 10.9 Å². The van der Waals surface area contributed by atoms with E-state index in [1.807, 2.05) is 72.8 Å². The van der Waals surface area contributed by atoms with Gasteiger partial charge in [0.05, 0.1) is 4.88 Å². The average Bonchev–Trinajstić information content (AvgIpc) is 3.11. The molecule has 0 aliphatic rings. The van der Waals surface area contributed by atoms with Gasteiger partial charge in [0.1, 0.15) is 0 Å². The fourth-order valence-electron chi connectivity index (χ4n) is 3.41. The summed E-state index contributed by atoms with van der Waals surface area (Å²) in [7, 11) is 1.77. The van der Waals surface area contributed by atoms with E-state index < -0.39 is 0 Å². The van der Waals surface area contributed by atoms with E-state index in [4.69, 9.17) is 0 Å². The summed E-state index contributed by atoms with van der Waals surface area (Å²) in [5, 5.41) is 12.7. The number of H-pyrrole nitrogens is 1. The zero-order chi connectivity index (χ0) is 22.5. The van der Waals surface area contributed by atoms with Crippen LogP contribution < -0.4 is 10.2 Å². The van der Waals surface area contributed by atoms with Gasteiger partial charge in [-0.25, -0.2) is 4.79 Å². The second-order valence-electron chi connectivity index (χ2n) is 7.51. The molecule has 6 nitrogen and oxygen atoms in total. The number of para-hydroxylation sites is 1. The number of nitrogens with one attached hydrogen (secondary N) is 2. The van der Waals surface area contributed by atoms with E-state index in [0.29, 0.717) is 17.8 Å². The third-order valence-corrected chi connectivity index (χ3v) is 5.94. The second-order valence-corrected chi connectivity index (χ2v) is 8.58. The number of urea groups is 1. The van der Waals surface area contributed by atoms with Gasteiger partial charge in [-0.3, -0.25) is 9.78 Å². The van der Waals surface area contributed by atoms with Gasteiger partial charge in [0, 0.05) is 25.7 Å². The van der Waals surface area contributed by atoms with Crippen LogP contribution in [-0.2, 0) is 13.0 Å². The van der Waals surface area contributed by atoms with Gasteiger partial charge in [-0.05, 0) is 40.5 Å². The molecule has 1 aromatic heterocycles. The molecule has 3 N–H and O–H groups in total. The van der Waals surface area contributed by atoms with Gasteiger partial charge in [-0.1, -0.05) is 72.0 Å². The standard InChI is InChI=1S/C25H23N3O3S/c1-28(24(30)26-21-8-3-2-4-9-21)16-18-6-5-7-20(14-18)19-12-10-17(11-13-19)15-22-23(29)27-25(31)32-22/h2-14,29H,15-16H2,1H3,(H,26,30)(H,27,31). The molecule has 0 spiro atoms. The number of thiazole rings is 1. The first-order chi connectivity index (χ1) is 15.5. The molecule has 1 heterocycles. The highest BCUT2D eigenvalue weighted by molar-refractivity contribution is 7.09. The van der Waals surface area contributed by atoms with Crippen molar-refractivity contribution >= 4 is 23.1 Å². The van der Waals surface area contributed by atoms with Crippen LogP contribution in [0, 0.1) is 0 Å². The number of nitrogens with zero attached hydrogens (tertiary/aromatic N) is 1. The second kappa shape index (κ2) is 9.53. The van der Waals surface area contributed by atoms with Gasteiger partial charge < -0.3 is 15.3 Å². The summed E-state index contributed by atoms with van der Waals surface area (Å²) in [5.74, 6) is -0.0581. The van der Waals surface area contributed by atoms with Crippen LogP contribution in [0.4, 0.5) is 10.5 Å². The van der Waals surface area contributed by atoms with Gasteiger partial charge in [0.2, 0.25) is 5.88 Å². The van der Waals surface area contributed by atoms with E-state index in [2.05, 4.69) is 16.4 Å². The Morgan fingerprint density at radius 1 is 0.969 bits per heavy atom. The van der Waals surface area contributed by atoms with E-state index in [-0.39, 0.29) is 16.8 Å². The molecule has 0 saturated heterocycles. The van der Waals surface area contributed by atoms with Crippen LogP contribution in [0.1, 0.15) is 16.0 Å². The SMILES string of the molecule is CN(Cc1cccc(-c2ccc(Cc3sc(=O)[nH]c3O)cc2)c1)C(=O)Nc1ccccc1. The summed E-state index contributed by atoms with van der Waals surface area (Å²) in [5.41, 5.74) is 4.91. The van der Waals surface area contributed by atoms with Crippen molar-refractivity contribution in [2.24, 2.45) is 0 Å². The monoisotopic (exact) mass is 445 g/mol. The van der Waals surface area contributed by atoms with Crippen molar-refractivity contribution in [3.8, 4) is 17.0 Å². The molecule has 162 valence electrons. The van der Waals surface area contributed by atoms with Crippen molar-refractivity contribution in [3.63, 3.8) is 0 Å². The van der Waals surface area contributed by atoms with Crippen LogP contribution in [0.15, 0.2) is 83.7 Å². The van der Waals surface area contributed by atoms with Crippen LogP contribution in [0.5, 0.6) is 5.88 Å². The van der Waals surface area contributed by atoms with Gasteiger partial charge in [-0.15, -0.1) is 0 Å². The van der Waals surface area contributed by atoms with Crippen LogP contribution in [0.2, 0.25) is 0 Å². The van der Waals surface area contributed by atoms with Crippen LogP contribution >= 0.6 is 11.3 Å². The summed E-state index contributed by atoms with van der Waals surface area (Å²) in [6.07, 6.45) is 0.497. The zero-order valence-corrected chi connectivity index (χ0v) is 18.4. The zero-order valence-electron chi connectivity index (χ0n) is 17.5. The maximum atomic E-state index is 12.5. The van der Waals surface area contributed by atoms with E-state index >= 15 is 0 Å². The highest BCUT2D eigenvalue weighted by Crippen LogP contribution is 2.24. The number of anilines is 1. The molecule has 0 fully saturated rings. The van der Waals surface area contributed by atoms with Crippen molar-refractivity contribution in [2.75, 3.05) is 12.4 Å². The Hall–Kier alpha value is -3.84. The Bertz CT molecular complexity index is 1260. The van der Waals surface area contributed by atoms with Crippen molar-refractivity contribution in [2.45, 2.75) is 13.0 Å². The quantitative estimate of drug-likeness (QED) is 0.388. The lowest BCUT2D eigenvalue weighted by Crippen LogP contribution is -2.30. The summed E-state index contributed by atoms with van der Waals surface area (Å²) < 4.78 is 0. The first kappa shape index (κ1) is 21.4. The molecule has 2 amide bonds. The molecule has 7 heteroatoms. The smallest absolute Gasteiger partial charge is 0.321 e. The molecule has 0 bridgehead atoms. The minimum Gasteiger partial charge on any atom is -0.494 e. The number of aromatic amines is 1. The summed E-state index contributed by atoms with van der Waals surface area (Å²) in [6.45, 7) is 0.482. The minimum atomic E-state index is -0.256. The number of hydrogen-bond acceptors (Lipinski definition) is 4. The first-order valence-corrected chi connectivity index (χ1v) is 11.0. The molecular formula is C25H23N3O3S. The van der Waals surface area contributed by atoms with Gasteiger partial charge in [0.15, 0.2) is 0 Å². The highest BCUT2D eigenvalue weighted by atomic mass is 32.1. The lowest BCUT2D eigenvalue weighted by atomic mass is 10.0. The lowest BCUT2D eigenvalue weighted by molar-refractivity contribution is 0.220. The molecule has 3 aromatic carbocycles. The Balaban J connectivity index is 1.42. The van der Waals surface area contributed by atoms with Crippen molar-refractivity contribution in [1.29, 1.82) is 0 Å². The summed E-state index contributed by atoms with van der Waals surface area (Å²) in [6, 6.07) is 25.3. The van der Waals surface area contributed by atoms with Crippen LogP contribution in [-0.4, -0.2) is 28.1 Å².